The highest BCUT2D eigenvalue weighted by atomic mass is 16.3. The van der Waals surface area contributed by atoms with Crippen LogP contribution in [0.5, 0.6) is 0 Å². The van der Waals surface area contributed by atoms with Crippen LogP contribution < -0.4 is 5.32 Å². The van der Waals surface area contributed by atoms with Crippen LogP contribution in [0.3, 0.4) is 0 Å². The van der Waals surface area contributed by atoms with E-state index in [2.05, 4.69) is 10.4 Å². The third-order valence-corrected chi connectivity index (χ3v) is 4.14. The highest BCUT2D eigenvalue weighted by molar-refractivity contribution is 5.92. The number of hydrogen-bond donors (Lipinski definition) is 2. The number of aliphatic hydroxyl groups is 1. The molecule has 1 aliphatic rings. The first-order valence-corrected chi connectivity index (χ1v) is 7.89. The Morgan fingerprint density at radius 2 is 2.09 bits per heavy atom. The third kappa shape index (κ3) is 3.35. The molecule has 0 saturated carbocycles. The first-order valence-electron chi connectivity index (χ1n) is 7.89. The Kier molecular flexibility index (Phi) is 4.57. The fourth-order valence-corrected chi connectivity index (χ4v) is 2.83. The van der Waals surface area contributed by atoms with Crippen molar-refractivity contribution in [2.24, 2.45) is 5.92 Å². The summed E-state index contributed by atoms with van der Waals surface area (Å²) in [7, 11) is 0. The lowest BCUT2D eigenvalue weighted by atomic mass is 10.1. The summed E-state index contributed by atoms with van der Waals surface area (Å²) in [5, 5.41) is 16.7. The molecule has 5 heteroatoms. The number of anilines is 1. The smallest absolute Gasteiger partial charge is 0.229 e. The van der Waals surface area contributed by atoms with E-state index in [1.165, 1.54) is 0 Å². The van der Waals surface area contributed by atoms with Crippen molar-refractivity contribution in [3.05, 3.63) is 48.0 Å². The van der Waals surface area contributed by atoms with Gasteiger partial charge in [-0.3, -0.25) is 4.79 Å². The molecule has 1 heterocycles. The molecule has 0 bridgehead atoms. The molecular formula is C18H21N3O2. The summed E-state index contributed by atoms with van der Waals surface area (Å²) in [4.78, 5) is 12.3. The molecule has 1 amide bonds. The molecule has 1 aromatic carbocycles. The number of allylic oxidation sites excluding steroid dienone is 2. The largest absolute Gasteiger partial charge is 0.394 e. The highest BCUT2D eigenvalue weighted by Crippen LogP contribution is 2.26. The topological polar surface area (TPSA) is 67.2 Å². The van der Waals surface area contributed by atoms with Gasteiger partial charge in [0.1, 0.15) is 5.82 Å². The molecule has 120 valence electrons. The number of aromatic nitrogens is 2. The number of benzene rings is 1. The van der Waals surface area contributed by atoms with Crippen molar-refractivity contribution in [1.29, 1.82) is 0 Å². The molecule has 3 rings (SSSR count). The molecule has 0 atom stereocenters. The standard InChI is InChI=1S/C18H21N3O2/c1-13-6-2-5-9-15(13)16-12-17(21(20-16)10-11-22)19-18(23)14-7-3-4-8-14/h2-6,9,12,14,22H,7-8,10-11H2,1H3,(H,19,23). The summed E-state index contributed by atoms with van der Waals surface area (Å²) < 4.78 is 1.65. The summed E-state index contributed by atoms with van der Waals surface area (Å²) in [6.45, 7) is 2.36. The van der Waals surface area contributed by atoms with Gasteiger partial charge in [0.15, 0.2) is 0 Å². The highest BCUT2D eigenvalue weighted by Gasteiger charge is 2.21. The van der Waals surface area contributed by atoms with Gasteiger partial charge in [-0.2, -0.15) is 5.10 Å². The van der Waals surface area contributed by atoms with Gasteiger partial charge in [0.25, 0.3) is 0 Å². The van der Waals surface area contributed by atoms with Crippen molar-refractivity contribution in [3.8, 4) is 11.3 Å². The molecule has 0 aliphatic heterocycles. The molecule has 2 aromatic rings. The number of aliphatic hydroxyl groups excluding tert-OH is 1. The van der Waals surface area contributed by atoms with Crippen molar-refractivity contribution >= 4 is 11.7 Å². The van der Waals surface area contributed by atoms with Crippen LogP contribution in [0.1, 0.15) is 18.4 Å². The van der Waals surface area contributed by atoms with E-state index in [9.17, 15) is 9.90 Å². The molecule has 2 N–H and O–H groups in total. The van der Waals surface area contributed by atoms with E-state index in [-0.39, 0.29) is 18.4 Å². The molecule has 1 aromatic heterocycles. The minimum absolute atomic E-state index is 0.00502. The van der Waals surface area contributed by atoms with Gasteiger partial charge in [0.05, 0.1) is 18.8 Å². The van der Waals surface area contributed by atoms with E-state index >= 15 is 0 Å². The SMILES string of the molecule is Cc1ccccc1-c1cc(NC(=O)C2CC=CC2)n(CCO)n1. The second-order valence-corrected chi connectivity index (χ2v) is 5.81. The van der Waals surface area contributed by atoms with E-state index in [4.69, 9.17) is 0 Å². The number of aryl methyl sites for hydroxylation is 1. The maximum Gasteiger partial charge on any atom is 0.229 e. The summed E-state index contributed by atoms with van der Waals surface area (Å²) in [5.41, 5.74) is 2.96. The fraction of sp³-hybridized carbons (Fsp3) is 0.333. The normalized spacial score (nSPS) is 14.3. The molecule has 0 spiro atoms. The summed E-state index contributed by atoms with van der Waals surface area (Å²) >= 11 is 0. The van der Waals surface area contributed by atoms with Crippen LogP contribution in [0.2, 0.25) is 0 Å². The van der Waals surface area contributed by atoms with Gasteiger partial charge in [-0.05, 0) is 25.3 Å². The van der Waals surface area contributed by atoms with Gasteiger partial charge in [0.2, 0.25) is 5.91 Å². The van der Waals surface area contributed by atoms with E-state index in [0.29, 0.717) is 12.4 Å². The van der Waals surface area contributed by atoms with Gasteiger partial charge >= 0.3 is 0 Å². The zero-order valence-corrected chi connectivity index (χ0v) is 13.2. The van der Waals surface area contributed by atoms with Crippen LogP contribution in [-0.2, 0) is 11.3 Å². The number of hydrogen-bond acceptors (Lipinski definition) is 3. The second-order valence-electron chi connectivity index (χ2n) is 5.81. The molecule has 0 unspecified atom stereocenters. The van der Waals surface area contributed by atoms with Crippen LogP contribution >= 0.6 is 0 Å². The van der Waals surface area contributed by atoms with Gasteiger partial charge in [-0.15, -0.1) is 0 Å². The Bertz CT molecular complexity index is 726. The maximum atomic E-state index is 12.3. The number of nitrogens with one attached hydrogen (secondary N) is 1. The minimum Gasteiger partial charge on any atom is -0.394 e. The summed E-state index contributed by atoms with van der Waals surface area (Å²) in [6.07, 6.45) is 5.64. The van der Waals surface area contributed by atoms with Gasteiger partial charge in [0, 0.05) is 17.5 Å². The van der Waals surface area contributed by atoms with Crippen molar-refractivity contribution in [2.75, 3.05) is 11.9 Å². The van der Waals surface area contributed by atoms with E-state index in [1.807, 2.05) is 49.4 Å². The number of carbonyl (C=O) groups excluding carboxylic acids is 1. The van der Waals surface area contributed by atoms with Crippen molar-refractivity contribution in [3.63, 3.8) is 0 Å². The maximum absolute atomic E-state index is 12.3. The molecule has 0 fully saturated rings. The molecule has 0 radical (unpaired) electrons. The Morgan fingerprint density at radius 3 is 2.78 bits per heavy atom. The van der Waals surface area contributed by atoms with Gasteiger partial charge in [-0.1, -0.05) is 36.4 Å². The first kappa shape index (κ1) is 15.5. The lowest BCUT2D eigenvalue weighted by molar-refractivity contribution is -0.119. The van der Waals surface area contributed by atoms with Crippen molar-refractivity contribution in [1.82, 2.24) is 9.78 Å². The van der Waals surface area contributed by atoms with Crippen LogP contribution in [0.25, 0.3) is 11.3 Å². The second kappa shape index (κ2) is 6.79. The lowest BCUT2D eigenvalue weighted by Crippen LogP contribution is -2.22. The third-order valence-electron chi connectivity index (χ3n) is 4.14. The predicted octanol–water partition coefficient (Wildman–Crippen LogP) is 2.76. The predicted molar refractivity (Wildman–Crippen MR) is 90.0 cm³/mol. The van der Waals surface area contributed by atoms with Crippen LogP contribution in [-0.4, -0.2) is 27.4 Å². The monoisotopic (exact) mass is 311 g/mol. The quantitative estimate of drug-likeness (QED) is 0.834. The van der Waals surface area contributed by atoms with E-state index < -0.39 is 0 Å². The molecular weight excluding hydrogens is 290 g/mol. The zero-order chi connectivity index (χ0) is 16.2. The minimum atomic E-state index is -0.0251. The van der Waals surface area contributed by atoms with Crippen LogP contribution in [0.15, 0.2) is 42.5 Å². The fourth-order valence-electron chi connectivity index (χ4n) is 2.83. The molecule has 0 saturated heterocycles. The Balaban J connectivity index is 1.87. The number of amides is 1. The summed E-state index contributed by atoms with van der Waals surface area (Å²) in [5.74, 6) is 0.633. The van der Waals surface area contributed by atoms with Gasteiger partial charge in [-0.25, -0.2) is 4.68 Å². The van der Waals surface area contributed by atoms with Crippen LogP contribution in [0.4, 0.5) is 5.82 Å². The van der Waals surface area contributed by atoms with Crippen molar-refractivity contribution in [2.45, 2.75) is 26.3 Å². The van der Waals surface area contributed by atoms with Gasteiger partial charge < -0.3 is 10.4 Å². The number of carbonyl (C=O) groups is 1. The summed E-state index contributed by atoms with van der Waals surface area (Å²) in [6, 6.07) is 9.86. The Hall–Kier alpha value is -2.40. The average molecular weight is 311 g/mol. The zero-order valence-electron chi connectivity index (χ0n) is 13.2. The molecule has 23 heavy (non-hydrogen) atoms. The lowest BCUT2D eigenvalue weighted by Gasteiger charge is -2.11. The molecule has 1 aliphatic carbocycles. The van der Waals surface area contributed by atoms with E-state index in [0.717, 1.165) is 29.7 Å². The Morgan fingerprint density at radius 1 is 1.35 bits per heavy atom. The van der Waals surface area contributed by atoms with E-state index in [1.54, 1.807) is 4.68 Å². The number of nitrogens with zero attached hydrogens (tertiary/aromatic N) is 2. The van der Waals surface area contributed by atoms with Crippen LogP contribution in [0, 0.1) is 12.8 Å². The Labute approximate surface area is 135 Å². The number of rotatable bonds is 5. The molecule has 5 nitrogen and oxygen atoms in total. The van der Waals surface area contributed by atoms with Crippen molar-refractivity contribution < 1.29 is 9.90 Å². The first-order chi connectivity index (χ1) is 11.2. The average Bonchev–Trinajstić information content (AvgIpc) is 3.19.